The zero-order chi connectivity index (χ0) is 10.3. The van der Waals surface area contributed by atoms with Crippen LogP contribution in [0.15, 0.2) is 11.4 Å². The number of rotatable bonds is 1. The average molecular weight is 210 g/mol. The molecule has 0 aliphatic rings. The molecule has 74 valence electrons. The molecule has 1 aromatic heterocycles. The lowest BCUT2D eigenvalue weighted by atomic mass is 10.0. The fourth-order valence-corrected chi connectivity index (χ4v) is 2.01. The van der Waals surface area contributed by atoms with Crippen LogP contribution in [0.3, 0.4) is 0 Å². The van der Waals surface area contributed by atoms with Crippen LogP contribution in [0.5, 0.6) is 0 Å². The van der Waals surface area contributed by atoms with E-state index in [-0.39, 0.29) is 4.88 Å². The zero-order valence-corrected chi connectivity index (χ0v) is 7.96. The predicted molar refractivity (Wildman–Crippen MR) is 44.7 cm³/mol. The van der Waals surface area contributed by atoms with Crippen LogP contribution >= 0.6 is 11.3 Å². The first-order chi connectivity index (χ1) is 5.77. The summed E-state index contributed by atoms with van der Waals surface area (Å²) in [6.07, 6.45) is -4.62. The van der Waals surface area contributed by atoms with Gasteiger partial charge < -0.3 is 5.11 Å². The first kappa shape index (κ1) is 10.5. The van der Waals surface area contributed by atoms with E-state index in [1.54, 1.807) is 13.0 Å². The summed E-state index contributed by atoms with van der Waals surface area (Å²) in [4.78, 5) is -0.0417. The quantitative estimate of drug-likeness (QED) is 0.755. The summed E-state index contributed by atoms with van der Waals surface area (Å²) in [5.41, 5.74) is -2.27. The highest BCUT2D eigenvalue weighted by atomic mass is 32.1. The van der Waals surface area contributed by atoms with Gasteiger partial charge >= 0.3 is 6.18 Å². The Labute approximate surface area is 77.8 Å². The summed E-state index contributed by atoms with van der Waals surface area (Å²) < 4.78 is 37.0. The molecule has 0 saturated heterocycles. The molecular weight excluding hydrogens is 201 g/mol. The van der Waals surface area contributed by atoms with Gasteiger partial charge in [-0.15, -0.1) is 11.3 Å². The molecule has 0 aliphatic heterocycles. The van der Waals surface area contributed by atoms with Crippen molar-refractivity contribution in [2.75, 3.05) is 0 Å². The minimum absolute atomic E-state index is 0.0417. The van der Waals surface area contributed by atoms with E-state index >= 15 is 0 Å². The van der Waals surface area contributed by atoms with Crippen LogP contribution in [0, 0.1) is 6.92 Å². The van der Waals surface area contributed by atoms with E-state index in [1.807, 2.05) is 0 Å². The number of hydrogen-bond acceptors (Lipinski definition) is 2. The SMILES string of the molecule is Cc1ccsc1C(C)(O)C(F)(F)F. The average Bonchev–Trinajstić information content (AvgIpc) is 2.32. The Morgan fingerprint density at radius 2 is 1.92 bits per heavy atom. The van der Waals surface area contributed by atoms with Gasteiger partial charge in [0.25, 0.3) is 0 Å². The minimum Gasteiger partial charge on any atom is -0.376 e. The van der Waals surface area contributed by atoms with Crippen molar-refractivity contribution in [3.05, 3.63) is 21.9 Å². The van der Waals surface area contributed by atoms with Crippen LogP contribution in [-0.2, 0) is 5.60 Å². The molecule has 0 aromatic carbocycles. The van der Waals surface area contributed by atoms with Gasteiger partial charge in [0.15, 0.2) is 5.60 Å². The van der Waals surface area contributed by atoms with Crippen molar-refractivity contribution >= 4 is 11.3 Å². The number of aliphatic hydroxyl groups is 1. The molecule has 13 heavy (non-hydrogen) atoms. The van der Waals surface area contributed by atoms with Crippen LogP contribution in [0.1, 0.15) is 17.4 Å². The lowest BCUT2D eigenvalue weighted by Crippen LogP contribution is -2.38. The molecule has 5 heteroatoms. The van der Waals surface area contributed by atoms with Gasteiger partial charge in [0.2, 0.25) is 0 Å². The van der Waals surface area contributed by atoms with Crippen molar-refractivity contribution in [1.82, 2.24) is 0 Å². The molecule has 0 aliphatic carbocycles. The van der Waals surface area contributed by atoms with Crippen LogP contribution in [0.2, 0.25) is 0 Å². The van der Waals surface area contributed by atoms with Crippen LogP contribution in [0.25, 0.3) is 0 Å². The number of aryl methyl sites for hydroxylation is 1. The Hall–Kier alpha value is -0.550. The maximum absolute atomic E-state index is 12.3. The van der Waals surface area contributed by atoms with Crippen molar-refractivity contribution in [2.24, 2.45) is 0 Å². The number of thiophene rings is 1. The summed E-state index contributed by atoms with van der Waals surface area (Å²) in [7, 11) is 0. The van der Waals surface area contributed by atoms with E-state index in [0.717, 1.165) is 18.3 Å². The highest BCUT2D eigenvalue weighted by Crippen LogP contribution is 2.41. The summed E-state index contributed by atoms with van der Waals surface area (Å²) in [6.45, 7) is 2.32. The molecule has 1 atom stereocenters. The van der Waals surface area contributed by atoms with E-state index in [0.29, 0.717) is 5.56 Å². The van der Waals surface area contributed by atoms with Crippen molar-refractivity contribution < 1.29 is 18.3 Å². The molecule has 1 N–H and O–H groups in total. The van der Waals surface area contributed by atoms with Gasteiger partial charge in [0.1, 0.15) is 0 Å². The Bertz CT molecular complexity index is 301. The highest BCUT2D eigenvalue weighted by Gasteiger charge is 2.52. The highest BCUT2D eigenvalue weighted by molar-refractivity contribution is 7.10. The molecular formula is C8H9F3OS. The molecule has 0 amide bonds. The predicted octanol–water partition coefficient (Wildman–Crippen LogP) is 2.83. The third kappa shape index (κ3) is 1.71. The maximum Gasteiger partial charge on any atom is 0.421 e. The second-order valence-electron chi connectivity index (χ2n) is 3.00. The second-order valence-corrected chi connectivity index (χ2v) is 3.92. The monoisotopic (exact) mass is 210 g/mol. The van der Waals surface area contributed by atoms with Crippen molar-refractivity contribution in [3.8, 4) is 0 Å². The number of halogens is 3. The fraction of sp³-hybridized carbons (Fsp3) is 0.500. The fourth-order valence-electron chi connectivity index (χ4n) is 1.00. The molecule has 0 fully saturated rings. The Morgan fingerprint density at radius 1 is 1.38 bits per heavy atom. The van der Waals surface area contributed by atoms with Crippen molar-refractivity contribution in [3.63, 3.8) is 0 Å². The normalized spacial score (nSPS) is 17.1. The Morgan fingerprint density at radius 3 is 2.23 bits per heavy atom. The van der Waals surface area contributed by atoms with Crippen LogP contribution in [-0.4, -0.2) is 11.3 Å². The molecule has 0 radical (unpaired) electrons. The summed E-state index contributed by atoms with van der Waals surface area (Å²) in [6, 6.07) is 1.56. The molecule has 0 saturated carbocycles. The van der Waals surface area contributed by atoms with E-state index in [1.165, 1.54) is 5.38 Å². The molecule has 0 spiro atoms. The summed E-state index contributed by atoms with van der Waals surface area (Å²) >= 11 is 0.913. The summed E-state index contributed by atoms with van der Waals surface area (Å²) in [5.74, 6) is 0. The smallest absolute Gasteiger partial charge is 0.376 e. The van der Waals surface area contributed by atoms with E-state index < -0.39 is 11.8 Å². The van der Waals surface area contributed by atoms with Gasteiger partial charge in [-0.25, -0.2) is 0 Å². The molecule has 1 heterocycles. The Balaban J connectivity index is 3.15. The lowest BCUT2D eigenvalue weighted by Gasteiger charge is -2.25. The Kier molecular flexibility index (Phi) is 2.42. The molecule has 1 rings (SSSR count). The topological polar surface area (TPSA) is 20.2 Å². The van der Waals surface area contributed by atoms with Gasteiger partial charge in [0.05, 0.1) is 0 Å². The molecule has 1 nitrogen and oxygen atoms in total. The van der Waals surface area contributed by atoms with E-state index in [2.05, 4.69) is 0 Å². The largest absolute Gasteiger partial charge is 0.421 e. The van der Waals surface area contributed by atoms with Gasteiger partial charge in [-0.2, -0.15) is 13.2 Å². The maximum atomic E-state index is 12.3. The standard InChI is InChI=1S/C8H9F3OS/c1-5-3-4-13-6(5)7(2,12)8(9,10)11/h3-4,12H,1-2H3. The van der Waals surface area contributed by atoms with Crippen LogP contribution in [0.4, 0.5) is 13.2 Å². The van der Waals surface area contributed by atoms with E-state index in [9.17, 15) is 18.3 Å². The molecule has 0 bridgehead atoms. The zero-order valence-electron chi connectivity index (χ0n) is 7.14. The van der Waals surface area contributed by atoms with Gasteiger partial charge in [-0.1, -0.05) is 0 Å². The van der Waals surface area contributed by atoms with Gasteiger partial charge in [-0.3, -0.25) is 0 Å². The van der Waals surface area contributed by atoms with Gasteiger partial charge in [-0.05, 0) is 30.9 Å². The van der Waals surface area contributed by atoms with Gasteiger partial charge in [0, 0.05) is 4.88 Å². The lowest BCUT2D eigenvalue weighted by molar-refractivity contribution is -0.257. The third-order valence-corrected chi connectivity index (χ3v) is 3.08. The molecule has 1 aromatic rings. The molecule has 1 unspecified atom stereocenters. The first-order valence-electron chi connectivity index (χ1n) is 3.60. The number of alkyl halides is 3. The minimum atomic E-state index is -4.62. The van der Waals surface area contributed by atoms with Crippen molar-refractivity contribution in [1.29, 1.82) is 0 Å². The first-order valence-corrected chi connectivity index (χ1v) is 4.48. The number of hydrogen-bond donors (Lipinski definition) is 1. The van der Waals surface area contributed by atoms with E-state index in [4.69, 9.17) is 0 Å². The third-order valence-electron chi connectivity index (χ3n) is 1.86. The summed E-state index contributed by atoms with van der Waals surface area (Å²) in [5, 5.41) is 10.8. The second kappa shape index (κ2) is 2.99. The van der Waals surface area contributed by atoms with Crippen LogP contribution < -0.4 is 0 Å². The van der Waals surface area contributed by atoms with Crippen molar-refractivity contribution in [2.45, 2.75) is 25.6 Å².